The molecule has 0 fully saturated rings. The molecule has 0 amide bonds. The number of hydrogen-bond donors (Lipinski definition) is 2. The average molecular weight is 307 g/mol. The molecular formula is C15H19ClN4O. The van der Waals surface area contributed by atoms with Gasteiger partial charge in [-0.1, -0.05) is 31.9 Å². The second kappa shape index (κ2) is 7.24. The fraction of sp³-hybridized carbons (Fsp3) is 0.333. The van der Waals surface area contributed by atoms with Crippen molar-refractivity contribution in [3.05, 3.63) is 40.7 Å². The number of halogens is 1. The van der Waals surface area contributed by atoms with E-state index in [4.69, 9.17) is 22.2 Å². The SMILES string of the molecule is CCCc1c(NN)ncnc1Oc1ccc(Cl)c(CC)c1. The van der Waals surface area contributed by atoms with Gasteiger partial charge < -0.3 is 10.2 Å². The van der Waals surface area contributed by atoms with Crippen molar-refractivity contribution in [2.45, 2.75) is 33.1 Å². The molecule has 0 unspecified atom stereocenters. The Labute approximate surface area is 129 Å². The first-order chi connectivity index (χ1) is 10.2. The fourth-order valence-corrected chi connectivity index (χ4v) is 2.33. The van der Waals surface area contributed by atoms with Crippen molar-refractivity contribution in [3.63, 3.8) is 0 Å². The molecule has 0 aliphatic rings. The van der Waals surface area contributed by atoms with Crippen LogP contribution in [0.1, 0.15) is 31.4 Å². The maximum Gasteiger partial charge on any atom is 0.227 e. The van der Waals surface area contributed by atoms with E-state index >= 15 is 0 Å². The highest BCUT2D eigenvalue weighted by atomic mass is 35.5. The first kappa shape index (κ1) is 15.5. The van der Waals surface area contributed by atoms with Crippen LogP contribution in [0.25, 0.3) is 0 Å². The zero-order chi connectivity index (χ0) is 15.2. The highest BCUT2D eigenvalue weighted by molar-refractivity contribution is 6.31. The summed E-state index contributed by atoms with van der Waals surface area (Å²) in [6, 6.07) is 5.59. The van der Waals surface area contributed by atoms with Gasteiger partial charge >= 0.3 is 0 Å². The van der Waals surface area contributed by atoms with Crippen LogP contribution in [0.4, 0.5) is 5.82 Å². The minimum absolute atomic E-state index is 0.518. The Morgan fingerprint density at radius 2 is 2.10 bits per heavy atom. The van der Waals surface area contributed by atoms with Gasteiger partial charge in [-0.2, -0.15) is 0 Å². The minimum atomic E-state index is 0.518. The van der Waals surface area contributed by atoms with Gasteiger partial charge in [-0.25, -0.2) is 15.8 Å². The van der Waals surface area contributed by atoms with E-state index in [1.807, 2.05) is 18.2 Å². The van der Waals surface area contributed by atoms with Crippen LogP contribution in [0.5, 0.6) is 11.6 Å². The van der Waals surface area contributed by atoms with Gasteiger partial charge in [0.2, 0.25) is 5.88 Å². The zero-order valence-electron chi connectivity index (χ0n) is 12.2. The molecule has 0 aliphatic heterocycles. The van der Waals surface area contributed by atoms with E-state index in [0.29, 0.717) is 17.4 Å². The Kier molecular flexibility index (Phi) is 5.36. The number of aromatic nitrogens is 2. The number of hydrazine groups is 1. The van der Waals surface area contributed by atoms with Crippen molar-refractivity contribution < 1.29 is 4.74 Å². The summed E-state index contributed by atoms with van der Waals surface area (Å²) < 4.78 is 5.90. The van der Waals surface area contributed by atoms with Crippen molar-refractivity contribution in [2.75, 3.05) is 5.43 Å². The lowest BCUT2D eigenvalue weighted by Gasteiger charge is -2.13. The highest BCUT2D eigenvalue weighted by Crippen LogP contribution is 2.30. The lowest BCUT2D eigenvalue weighted by Crippen LogP contribution is -2.12. The van der Waals surface area contributed by atoms with E-state index in [1.54, 1.807) is 0 Å². The summed E-state index contributed by atoms with van der Waals surface area (Å²) in [5, 5.41) is 0.741. The normalized spacial score (nSPS) is 10.5. The van der Waals surface area contributed by atoms with Crippen LogP contribution in [-0.4, -0.2) is 9.97 Å². The van der Waals surface area contributed by atoms with E-state index in [0.717, 1.165) is 35.4 Å². The number of ether oxygens (including phenoxy) is 1. The van der Waals surface area contributed by atoms with Crippen molar-refractivity contribution in [2.24, 2.45) is 5.84 Å². The Balaban J connectivity index is 2.34. The summed E-state index contributed by atoms with van der Waals surface area (Å²) in [6.07, 6.45) is 4.00. The summed E-state index contributed by atoms with van der Waals surface area (Å²) in [5.41, 5.74) is 4.50. The largest absolute Gasteiger partial charge is 0.439 e. The monoisotopic (exact) mass is 306 g/mol. The molecule has 1 aromatic carbocycles. The van der Waals surface area contributed by atoms with Crippen molar-refractivity contribution in [3.8, 4) is 11.6 Å². The molecule has 5 nitrogen and oxygen atoms in total. The third-order valence-corrected chi connectivity index (χ3v) is 3.52. The predicted octanol–water partition coefficient (Wildman–Crippen LogP) is 3.72. The van der Waals surface area contributed by atoms with Crippen LogP contribution in [0, 0.1) is 0 Å². The van der Waals surface area contributed by atoms with Gasteiger partial charge in [0, 0.05) is 5.02 Å². The standard InChI is InChI=1S/C15H19ClN4O/c1-3-5-12-14(20-17)18-9-19-15(12)21-11-6-7-13(16)10(4-2)8-11/h6-9H,3-5,17H2,1-2H3,(H,18,19,20). The summed E-state index contributed by atoms with van der Waals surface area (Å²) in [5.74, 6) is 7.31. The first-order valence-corrected chi connectivity index (χ1v) is 7.34. The Morgan fingerprint density at radius 1 is 1.29 bits per heavy atom. The molecule has 2 rings (SSSR count). The quantitative estimate of drug-likeness (QED) is 0.628. The van der Waals surface area contributed by atoms with Crippen molar-refractivity contribution in [1.29, 1.82) is 0 Å². The number of nitrogens with zero attached hydrogens (tertiary/aromatic N) is 2. The molecule has 0 radical (unpaired) electrons. The van der Waals surface area contributed by atoms with Crippen molar-refractivity contribution >= 4 is 17.4 Å². The molecule has 6 heteroatoms. The van der Waals surface area contributed by atoms with E-state index < -0.39 is 0 Å². The van der Waals surface area contributed by atoms with Gasteiger partial charge in [0.1, 0.15) is 17.9 Å². The third-order valence-electron chi connectivity index (χ3n) is 3.16. The smallest absolute Gasteiger partial charge is 0.227 e. The number of anilines is 1. The van der Waals surface area contributed by atoms with Gasteiger partial charge in [-0.3, -0.25) is 0 Å². The van der Waals surface area contributed by atoms with Crippen LogP contribution >= 0.6 is 11.6 Å². The molecule has 0 bridgehead atoms. The predicted molar refractivity (Wildman–Crippen MR) is 84.7 cm³/mol. The first-order valence-electron chi connectivity index (χ1n) is 6.96. The van der Waals surface area contributed by atoms with E-state index in [2.05, 4.69) is 29.2 Å². The maximum absolute atomic E-state index is 6.12. The average Bonchev–Trinajstić information content (AvgIpc) is 2.51. The molecule has 0 aliphatic carbocycles. The number of hydrogen-bond acceptors (Lipinski definition) is 5. The third kappa shape index (κ3) is 3.62. The lowest BCUT2D eigenvalue weighted by molar-refractivity contribution is 0.454. The molecule has 21 heavy (non-hydrogen) atoms. The Bertz CT molecular complexity index is 619. The number of nitrogen functional groups attached to an aromatic ring is 1. The number of aryl methyl sites for hydroxylation is 1. The summed E-state index contributed by atoms with van der Waals surface area (Å²) in [7, 11) is 0. The molecule has 1 aromatic heterocycles. The number of benzene rings is 1. The minimum Gasteiger partial charge on any atom is -0.439 e. The Morgan fingerprint density at radius 3 is 2.76 bits per heavy atom. The van der Waals surface area contributed by atoms with Gasteiger partial charge in [0.05, 0.1) is 5.56 Å². The zero-order valence-corrected chi connectivity index (χ0v) is 12.9. The molecule has 0 saturated heterocycles. The Hall–Kier alpha value is -1.85. The van der Waals surface area contributed by atoms with Gasteiger partial charge in [0.25, 0.3) is 0 Å². The molecule has 3 N–H and O–H groups in total. The van der Waals surface area contributed by atoms with Gasteiger partial charge in [-0.05, 0) is 36.6 Å². The molecule has 0 spiro atoms. The van der Waals surface area contributed by atoms with Crippen LogP contribution in [0.2, 0.25) is 5.02 Å². The highest BCUT2D eigenvalue weighted by Gasteiger charge is 2.12. The second-order valence-electron chi connectivity index (χ2n) is 4.61. The van der Waals surface area contributed by atoms with Crippen molar-refractivity contribution in [1.82, 2.24) is 9.97 Å². The van der Waals surface area contributed by atoms with E-state index in [1.165, 1.54) is 6.33 Å². The fourth-order valence-electron chi connectivity index (χ4n) is 2.08. The van der Waals surface area contributed by atoms with Gasteiger partial charge in [0.15, 0.2) is 0 Å². The molecule has 112 valence electrons. The summed E-state index contributed by atoms with van der Waals surface area (Å²) in [4.78, 5) is 8.33. The molecule has 2 aromatic rings. The molecule has 0 saturated carbocycles. The number of rotatable bonds is 6. The number of nitrogens with two attached hydrogens (primary N) is 1. The second-order valence-corrected chi connectivity index (χ2v) is 5.02. The van der Waals surface area contributed by atoms with E-state index in [9.17, 15) is 0 Å². The summed E-state index contributed by atoms with van der Waals surface area (Å²) >= 11 is 6.12. The lowest BCUT2D eigenvalue weighted by atomic mass is 10.1. The molecule has 1 heterocycles. The maximum atomic E-state index is 6.12. The van der Waals surface area contributed by atoms with Crippen LogP contribution in [-0.2, 0) is 12.8 Å². The molecular weight excluding hydrogens is 288 g/mol. The molecule has 0 atom stereocenters. The van der Waals surface area contributed by atoms with E-state index in [-0.39, 0.29) is 0 Å². The van der Waals surface area contributed by atoms with Crippen LogP contribution in [0.15, 0.2) is 24.5 Å². The van der Waals surface area contributed by atoms with Crippen LogP contribution in [0.3, 0.4) is 0 Å². The van der Waals surface area contributed by atoms with Crippen LogP contribution < -0.4 is 16.0 Å². The summed E-state index contributed by atoms with van der Waals surface area (Å²) in [6.45, 7) is 4.13. The topological polar surface area (TPSA) is 73.1 Å². The van der Waals surface area contributed by atoms with Gasteiger partial charge in [-0.15, -0.1) is 0 Å². The number of nitrogens with one attached hydrogen (secondary N) is 1.